The molecule has 1 aromatic heterocycles. The number of halogens is 1. The summed E-state index contributed by atoms with van der Waals surface area (Å²) in [6.45, 7) is 0. The highest BCUT2D eigenvalue weighted by molar-refractivity contribution is 6.30. The predicted molar refractivity (Wildman–Crippen MR) is 45.6 cm³/mol. The highest BCUT2D eigenvalue weighted by Gasteiger charge is 2.26. The van der Waals surface area contributed by atoms with Gasteiger partial charge < -0.3 is 5.73 Å². The van der Waals surface area contributed by atoms with E-state index in [9.17, 15) is 0 Å². The van der Waals surface area contributed by atoms with Crippen molar-refractivity contribution in [2.45, 2.75) is 18.8 Å². The molecule has 11 heavy (non-hydrogen) atoms. The minimum atomic E-state index is 0.626. The summed E-state index contributed by atoms with van der Waals surface area (Å²) in [5.74, 6) is 1.26. The SMILES string of the molecule is Nc1ncc(Cl)cc1C1CC1. The molecule has 1 heterocycles. The average molecular weight is 169 g/mol. The van der Waals surface area contributed by atoms with Gasteiger partial charge in [-0.05, 0) is 30.4 Å². The molecule has 0 unspecified atom stereocenters. The Hall–Kier alpha value is -0.760. The first kappa shape index (κ1) is 6.92. The lowest BCUT2D eigenvalue weighted by Crippen LogP contribution is -1.95. The van der Waals surface area contributed by atoms with Crippen LogP contribution in [0.5, 0.6) is 0 Å². The van der Waals surface area contributed by atoms with E-state index < -0.39 is 0 Å². The molecule has 0 amide bonds. The maximum atomic E-state index is 5.77. The molecular weight excluding hydrogens is 160 g/mol. The van der Waals surface area contributed by atoms with Crippen LogP contribution in [-0.4, -0.2) is 4.98 Å². The first-order valence-electron chi connectivity index (χ1n) is 3.68. The summed E-state index contributed by atoms with van der Waals surface area (Å²) in [4.78, 5) is 3.99. The zero-order valence-electron chi connectivity index (χ0n) is 6.05. The van der Waals surface area contributed by atoms with Crippen LogP contribution in [0.3, 0.4) is 0 Å². The van der Waals surface area contributed by atoms with Crippen molar-refractivity contribution >= 4 is 17.4 Å². The Kier molecular flexibility index (Phi) is 1.50. The number of hydrogen-bond acceptors (Lipinski definition) is 2. The van der Waals surface area contributed by atoms with Crippen LogP contribution in [0.2, 0.25) is 5.02 Å². The van der Waals surface area contributed by atoms with Gasteiger partial charge >= 0.3 is 0 Å². The van der Waals surface area contributed by atoms with E-state index in [1.807, 2.05) is 6.07 Å². The fourth-order valence-corrected chi connectivity index (χ4v) is 1.35. The van der Waals surface area contributed by atoms with Crippen molar-refractivity contribution in [3.8, 4) is 0 Å². The Morgan fingerprint density at radius 3 is 2.91 bits per heavy atom. The van der Waals surface area contributed by atoms with Gasteiger partial charge in [0.25, 0.3) is 0 Å². The van der Waals surface area contributed by atoms with Crippen LogP contribution < -0.4 is 5.73 Å². The lowest BCUT2D eigenvalue weighted by atomic mass is 10.2. The monoisotopic (exact) mass is 168 g/mol. The quantitative estimate of drug-likeness (QED) is 0.698. The van der Waals surface area contributed by atoms with E-state index in [4.69, 9.17) is 17.3 Å². The summed E-state index contributed by atoms with van der Waals surface area (Å²) in [5.41, 5.74) is 6.78. The van der Waals surface area contributed by atoms with Crippen LogP contribution >= 0.6 is 11.6 Å². The summed E-state index contributed by atoms with van der Waals surface area (Å²) in [7, 11) is 0. The minimum absolute atomic E-state index is 0.626. The number of hydrogen-bond donors (Lipinski definition) is 1. The van der Waals surface area contributed by atoms with Gasteiger partial charge in [-0.15, -0.1) is 0 Å². The number of nitrogens with zero attached hydrogens (tertiary/aromatic N) is 1. The van der Waals surface area contributed by atoms with E-state index in [0.717, 1.165) is 5.56 Å². The molecule has 0 saturated heterocycles. The van der Waals surface area contributed by atoms with E-state index in [2.05, 4.69) is 4.98 Å². The van der Waals surface area contributed by atoms with E-state index in [1.165, 1.54) is 12.8 Å². The van der Waals surface area contributed by atoms with Crippen LogP contribution in [0.25, 0.3) is 0 Å². The minimum Gasteiger partial charge on any atom is -0.383 e. The van der Waals surface area contributed by atoms with Gasteiger partial charge in [0.05, 0.1) is 5.02 Å². The molecule has 0 atom stereocenters. The molecule has 1 saturated carbocycles. The van der Waals surface area contributed by atoms with Crippen molar-refractivity contribution in [2.24, 2.45) is 0 Å². The fraction of sp³-hybridized carbons (Fsp3) is 0.375. The largest absolute Gasteiger partial charge is 0.383 e. The second kappa shape index (κ2) is 2.38. The van der Waals surface area contributed by atoms with Crippen LogP contribution in [0.1, 0.15) is 24.3 Å². The van der Waals surface area contributed by atoms with Gasteiger partial charge in [0.15, 0.2) is 0 Å². The molecule has 2 nitrogen and oxygen atoms in total. The Morgan fingerprint density at radius 1 is 1.55 bits per heavy atom. The number of pyridine rings is 1. The summed E-state index contributed by atoms with van der Waals surface area (Å²) in [6, 6.07) is 1.92. The molecule has 0 aliphatic heterocycles. The fourth-order valence-electron chi connectivity index (χ4n) is 1.19. The van der Waals surface area contributed by atoms with Gasteiger partial charge in [0.1, 0.15) is 5.82 Å². The summed E-state index contributed by atoms with van der Waals surface area (Å²) >= 11 is 5.77. The molecule has 2 rings (SSSR count). The van der Waals surface area contributed by atoms with Crippen LogP contribution in [0.4, 0.5) is 5.82 Å². The molecule has 3 heteroatoms. The number of nitrogens with two attached hydrogens (primary N) is 1. The topological polar surface area (TPSA) is 38.9 Å². The van der Waals surface area contributed by atoms with Gasteiger partial charge in [-0.1, -0.05) is 11.6 Å². The third-order valence-electron chi connectivity index (χ3n) is 1.93. The van der Waals surface area contributed by atoms with E-state index in [1.54, 1.807) is 6.20 Å². The van der Waals surface area contributed by atoms with Crippen molar-refractivity contribution in [2.75, 3.05) is 5.73 Å². The summed E-state index contributed by atoms with van der Waals surface area (Å²) in [5, 5.41) is 0.682. The van der Waals surface area contributed by atoms with Crippen LogP contribution in [0, 0.1) is 0 Å². The highest BCUT2D eigenvalue weighted by atomic mass is 35.5. The second-order valence-corrected chi connectivity index (χ2v) is 3.34. The van der Waals surface area contributed by atoms with Gasteiger partial charge in [-0.25, -0.2) is 4.98 Å². The van der Waals surface area contributed by atoms with Crippen molar-refractivity contribution in [1.82, 2.24) is 4.98 Å². The Bertz CT molecular complexity index is 281. The van der Waals surface area contributed by atoms with E-state index >= 15 is 0 Å². The molecule has 1 aliphatic rings. The lowest BCUT2D eigenvalue weighted by Gasteiger charge is -2.01. The van der Waals surface area contributed by atoms with Crippen molar-refractivity contribution in [1.29, 1.82) is 0 Å². The zero-order chi connectivity index (χ0) is 7.84. The molecule has 1 fully saturated rings. The van der Waals surface area contributed by atoms with Crippen molar-refractivity contribution in [3.05, 3.63) is 22.8 Å². The molecule has 2 N–H and O–H groups in total. The summed E-state index contributed by atoms with van der Waals surface area (Å²) in [6.07, 6.45) is 4.04. The second-order valence-electron chi connectivity index (χ2n) is 2.90. The van der Waals surface area contributed by atoms with Gasteiger partial charge in [0, 0.05) is 6.20 Å². The predicted octanol–water partition coefficient (Wildman–Crippen LogP) is 2.19. The molecule has 0 aromatic carbocycles. The first-order chi connectivity index (χ1) is 5.27. The van der Waals surface area contributed by atoms with Gasteiger partial charge in [-0.2, -0.15) is 0 Å². The molecule has 58 valence electrons. The Labute approximate surface area is 70.4 Å². The third kappa shape index (κ3) is 1.31. The van der Waals surface area contributed by atoms with Gasteiger partial charge in [0.2, 0.25) is 0 Å². The number of aromatic nitrogens is 1. The molecule has 0 radical (unpaired) electrons. The highest BCUT2D eigenvalue weighted by Crippen LogP contribution is 2.42. The summed E-state index contributed by atoms with van der Waals surface area (Å²) < 4.78 is 0. The van der Waals surface area contributed by atoms with Gasteiger partial charge in [-0.3, -0.25) is 0 Å². The first-order valence-corrected chi connectivity index (χ1v) is 4.06. The molecule has 0 spiro atoms. The number of nitrogen functional groups attached to an aromatic ring is 1. The number of rotatable bonds is 1. The maximum Gasteiger partial charge on any atom is 0.126 e. The third-order valence-corrected chi connectivity index (χ3v) is 2.14. The number of anilines is 1. The van der Waals surface area contributed by atoms with Crippen molar-refractivity contribution < 1.29 is 0 Å². The van der Waals surface area contributed by atoms with E-state index in [0.29, 0.717) is 16.8 Å². The smallest absolute Gasteiger partial charge is 0.126 e. The van der Waals surface area contributed by atoms with Crippen LogP contribution in [-0.2, 0) is 0 Å². The Morgan fingerprint density at radius 2 is 2.27 bits per heavy atom. The zero-order valence-corrected chi connectivity index (χ0v) is 6.80. The molecule has 1 aromatic rings. The lowest BCUT2D eigenvalue weighted by molar-refractivity contribution is 1.10. The van der Waals surface area contributed by atoms with E-state index in [-0.39, 0.29) is 0 Å². The molecule has 1 aliphatic carbocycles. The molecule has 0 bridgehead atoms. The average Bonchev–Trinajstić information content (AvgIpc) is 2.76. The van der Waals surface area contributed by atoms with Crippen molar-refractivity contribution in [3.63, 3.8) is 0 Å². The standard InChI is InChI=1S/C8H9ClN2/c9-6-3-7(5-1-2-5)8(10)11-4-6/h3-5H,1-2H2,(H2,10,11). The Balaban J connectivity index is 2.42. The maximum absolute atomic E-state index is 5.77. The normalized spacial score (nSPS) is 16.8. The van der Waals surface area contributed by atoms with Crippen LogP contribution in [0.15, 0.2) is 12.3 Å². The molecular formula is C8H9ClN2.